The topological polar surface area (TPSA) is 96.0 Å². The van der Waals surface area contributed by atoms with Gasteiger partial charge in [-0.1, -0.05) is 54.7 Å². The van der Waals surface area contributed by atoms with Gasteiger partial charge in [0, 0.05) is 33.2 Å². The molecule has 0 saturated heterocycles. The van der Waals surface area contributed by atoms with Gasteiger partial charge in [0.25, 0.3) is 10.0 Å². The van der Waals surface area contributed by atoms with Crippen molar-refractivity contribution < 1.29 is 22.7 Å². The molecule has 0 bridgehead atoms. The molecule has 1 N–H and O–H groups in total. The average molecular weight is 669 g/mol. The van der Waals surface area contributed by atoms with E-state index >= 15 is 0 Å². The number of nitrogens with zero attached hydrogens (tertiary/aromatic N) is 2. The van der Waals surface area contributed by atoms with Crippen molar-refractivity contribution in [1.29, 1.82) is 0 Å². The van der Waals surface area contributed by atoms with Crippen LogP contribution in [0.2, 0.25) is 15.1 Å². The first kappa shape index (κ1) is 34.5. The van der Waals surface area contributed by atoms with Gasteiger partial charge in [-0.25, -0.2) is 8.42 Å². The van der Waals surface area contributed by atoms with Gasteiger partial charge in [-0.3, -0.25) is 13.9 Å². The molecule has 0 spiro atoms. The minimum atomic E-state index is -4.26. The summed E-state index contributed by atoms with van der Waals surface area (Å²) >= 11 is 19.0. The van der Waals surface area contributed by atoms with Crippen molar-refractivity contribution in [3.63, 3.8) is 0 Å². The molecule has 0 fully saturated rings. The molecule has 3 aromatic carbocycles. The van der Waals surface area contributed by atoms with E-state index in [0.29, 0.717) is 39.4 Å². The maximum Gasteiger partial charge on any atom is 0.264 e. The first-order valence-electron chi connectivity index (χ1n) is 14.0. The third-order valence-corrected chi connectivity index (χ3v) is 9.64. The zero-order valence-electron chi connectivity index (χ0n) is 24.5. The maximum absolute atomic E-state index is 14.2. The van der Waals surface area contributed by atoms with Crippen molar-refractivity contribution in [3.05, 3.63) is 87.4 Å². The summed E-state index contributed by atoms with van der Waals surface area (Å²) in [6, 6.07) is 16.0. The second kappa shape index (κ2) is 15.7. The molecule has 0 heterocycles. The molecule has 2 amide bonds. The van der Waals surface area contributed by atoms with Crippen molar-refractivity contribution in [2.24, 2.45) is 0 Å². The number of sulfonamides is 1. The highest BCUT2D eigenvalue weighted by atomic mass is 35.5. The Morgan fingerprint density at radius 1 is 0.884 bits per heavy atom. The fourth-order valence-corrected chi connectivity index (χ4v) is 6.41. The third-order valence-electron chi connectivity index (χ3n) is 6.89. The third kappa shape index (κ3) is 8.79. The number of rotatable bonds is 14. The summed E-state index contributed by atoms with van der Waals surface area (Å²) in [7, 11) is -4.26. The lowest BCUT2D eigenvalue weighted by molar-refractivity contribution is -0.140. The highest BCUT2D eigenvalue weighted by Gasteiger charge is 2.34. The minimum absolute atomic E-state index is 0.0548. The van der Waals surface area contributed by atoms with E-state index in [1.165, 1.54) is 29.2 Å². The van der Waals surface area contributed by atoms with Crippen molar-refractivity contribution in [2.75, 3.05) is 17.5 Å². The van der Waals surface area contributed by atoms with Crippen LogP contribution in [0.15, 0.2) is 71.6 Å². The van der Waals surface area contributed by atoms with Gasteiger partial charge in [0.1, 0.15) is 18.3 Å². The summed E-state index contributed by atoms with van der Waals surface area (Å²) in [6.45, 7) is 7.15. The predicted octanol–water partition coefficient (Wildman–Crippen LogP) is 6.96. The summed E-state index contributed by atoms with van der Waals surface area (Å²) in [5.41, 5.74) is 0.682. The van der Waals surface area contributed by atoms with Crippen LogP contribution in [0.5, 0.6) is 5.75 Å². The van der Waals surface area contributed by atoms with Gasteiger partial charge in [0.05, 0.1) is 17.2 Å². The highest BCUT2D eigenvalue weighted by Crippen LogP contribution is 2.30. The Bertz CT molecular complexity index is 1480. The molecule has 0 unspecified atom stereocenters. The highest BCUT2D eigenvalue weighted by molar-refractivity contribution is 7.92. The first-order valence-corrected chi connectivity index (χ1v) is 16.5. The Labute approximate surface area is 268 Å². The Balaban J connectivity index is 2.10. The Morgan fingerprint density at radius 2 is 1.49 bits per heavy atom. The van der Waals surface area contributed by atoms with Crippen LogP contribution < -0.4 is 14.4 Å². The van der Waals surface area contributed by atoms with Crippen molar-refractivity contribution >= 4 is 62.3 Å². The van der Waals surface area contributed by atoms with Crippen molar-refractivity contribution in [3.8, 4) is 5.75 Å². The molecule has 0 aliphatic carbocycles. The summed E-state index contributed by atoms with van der Waals surface area (Å²) in [6.07, 6.45) is 0.959. The number of nitrogens with one attached hydrogen (secondary N) is 1. The fourth-order valence-electron chi connectivity index (χ4n) is 4.35. The second-order valence-corrected chi connectivity index (χ2v) is 13.0. The molecule has 0 saturated carbocycles. The van der Waals surface area contributed by atoms with Crippen LogP contribution >= 0.6 is 34.8 Å². The summed E-state index contributed by atoms with van der Waals surface area (Å²) in [5.74, 6) is -0.431. The molecule has 8 nitrogen and oxygen atoms in total. The normalized spacial score (nSPS) is 12.7. The average Bonchev–Trinajstić information content (AvgIpc) is 2.97. The molecule has 2 atom stereocenters. The molecule has 3 rings (SSSR count). The van der Waals surface area contributed by atoms with E-state index in [-0.39, 0.29) is 35.5 Å². The van der Waals surface area contributed by atoms with Crippen LogP contribution in [0, 0.1) is 0 Å². The van der Waals surface area contributed by atoms with E-state index in [4.69, 9.17) is 39.5 Å². The first-order chi connectivity index (χ1) is 20.4. The fraction of sp³-hybridized carbons (Fsp3) is 0.355. The quantitative estimate of drug-likeness (QED) is 0.200. The predicted molar refractivity (Wildman–Crippen MR) is 173 cm³/mol. The lowest BCUT2D eigenvalue weighted by Crippen LogP contribution is -2.53. The molecule has 0 aliphatic rings. The Hall–Kier alpha value is -2.98. The van der Waals surface area contributed by atoms with Gasteiger partial charge in [0.15, 0.2) is 0 Å². The molecule has 232 valence electrons. The molecule has 0 aliphatic heterocycles. The molecule has 0 aromatic heterocycles. The number of anilines is 1. The summed E-state index contributed by atoms with van der Waals surface area (Å²) in [5, 5.41) is 3.94. The lowest BCUT2D eigenvalue weighted by atomic mass is 10.1. The van der Waals surface area contributed by atoms with E-state index in [0.717, 1.165) is 4.31 Å². The number of ether oxygens (including phenoxy) is 1. The number of amides is 2. The lowest BCUT2D eigenvalue weighted by Gasteiger charge is -2.34. The van der Waals surface area contributed by atoms with Gasteiger partial charge in [-0.2, -0.15) is 0 Å². The van der Waals surface area contributed by atoms with Crippen molar-refractivity contribution in [1.82, 2.24) is 10.2 Å². The zero-order valence-corrected chi connectivity index (χ0v) is 27.6. The van der Waals surface area contributed by atoms with Crippen LogP contribution in [0.1, 0.15) is 46.1 Å². The van der Waals surface area contributed by atoms with Gasteiger partial charge in [-0.05, 0) is 87.4 Å². The van der Waals surface area contributed by atoms with Crippen LogP contribution in [0.25, 0.3) is 0 Å². The monoisotopic (exact) mass is 667 g/mol. The second-order valence-electron chi connectivity index (χ2n) is 9.86. The van der Waals surface area contributed by atoms with Gasteiger partial charge >= 0.3 is 0 Å². The maximum atomic E-state index is 14.2. The van der Waals surface area contributed by atoms with E-state index in [1.807, 2.05) is 20.8 Å². The van der Waals surface area contributed by atoms with Crippen LogP contribution in [-0.2, 0) is 26.2 Å². The van der Waals surface area contributed by atoms with Crippen molar-refractivity contribution in [2.45, 2.75) is 64.1 Å². The smallest absolute Gasteiger partial charge is 0.264 e. The van der Waals surface area contributed by atoms with E-state index in [1.54, 1.807) is 49.4 Å². The molecular weight excluding hydrogens is 633 g/mol. The standard InChI is InChI=1S/C31H36Cl3N3O5S/c1-5-21(4)35-31(39)29(6-2)36(19-26-27(33)9-8-10-28(26)34)30(38)20-37(23-13-15-24(16-14-23)42-7-3)43(40,41)25-17-11-22(32)12-18-25/h8-18,21,29H,5-7,19-20H2,1-4H3,(H,35,39)/t21-,29+/m1/s1. The van der Waals surface area contributed by atoms with E-state index in [9.17, 15) is 18.0 Å². The number of benzene rings is 3. The Kier molecular flexibility index (Phi) is 12.6. The van der Waals surface area contributed by atoms with Crippen LogP contribution in [0.4, 0.5) is 5.69 Å². The SMILES string of the molecule is CCOc1ccc(N(CC(=O)N(Cc2c(Cl)cccc2Cl)[C@@H](CC)C(=O)N[C@H](C)CC)S(=O)(=O)c2ccc(Cl)cc2)cc1. The van der Waals surface area contributed by atoms with Crippen LogP contribution in [-0.4, -0.2) is 50.4 Å². The minimum Gasteiger partial charge on any atom is -0.494 e. The molecular formula is C31H36Cl3N3O5S. The number of hydrogen-bond donors (Lipinski definition) is 1. The van der Waals surface area contributed by atoms with E-state index in [2.05, 4.69) is 5.32 Å². The number of hydrogen-bond acceptors (Lipinski definition) is 5. The summed E-state index contributed by atoms with van der Waals surface area (Å²) in [4.78, 5) is 28.9. The molecule has 12 heteroatoms. The molecule has 43 heavy (non-hydrogen) atoms. The van der Waals surface area contributed by atoms with Gasteiger partial charge in [0.2, 0.25) is 11.8 Å². The molecule has 0 radical (unpaired) electrons. The van der Waals surface area contributed by atoms with Crippen LogP contribution in [0.3, 0.4) is 0 Å². The molecule has 3 aromatic rings. The number of carbonyl (C=O) groups is 2. The van der Waals surface area contributed by atoms with Gasteiger partial charge < -0.3 is 15.0 Å². The largest absolute Gasteiger partial charge is 0.494 e. The number of carbonyl (C=O) groups excluding carboxylic acids is 2. The van der Waals surface area contributed by atoms with Gasteiger partial charge in [-0.15, -0.1) is 0 Å². The summed E-state index contributed by atoms with van der Waals surface area (Å²) < 4.78 is 34.5. The zero-order chi connectivity index (χ0) is 31.7. The number of halogens is 3. The van der Waals surface area contributed by atoms with E-state index < -0.39 is 28.5 Å². The Morgan fingerprint density at radius 3 is 2.02 bits per heavy atom.